The Morgan fingerprint density at radius 2 is 1.05 bits per heavy atom. The van der Waals surface area contributed by atoms with Crippen LogP contribution in [0, 0.1) is 22.7 Å². The molecule has 0 heterocycles. The van der Waals surface area contributed by atoms with Gasteiger partial charge in [-0.25, -0.2) is 0 Å². The lowest BCUT2D eigenvalue weighted by molar-refractivity contribution is -0.163. The molecule has 0 atom stereocenters. The van der Waals surface area contributed by atoms with Crippen molar-refractivity contribution in [1.82, 2.24) is 0 Å². The molecule has 118 valence electrons. The second kappa shape index (κ2) is 5.09. The third-order valence-electron chi connectivity index (χ3n) is 2.45. The lowest BCUT2D eigenvalue weighted by Crippen LogP contribution is -2.22. The van der Waals surface area contributed by atoms with Crippen molar-refractivity contribution in [3.8, 4) is 12.1 Å². The standard InChI is InChI=1S/C11HF9N2/c12-9(13,14)6-1-7(10(15,16)17)8(11(18,19)20)5(3-22)4(6)2-21/h1H. The van der Waals surface area contributed by atoms with E-state index in [0.29, 0.717) is 12.1 Å². The zero-order valence-corrected chi connectivity index (χ0v) is 9.87. The summed E-state index contributed by atoms with van der Waals surface area (Å²) in [6.07, 6.45) is -17.1. The van der Waals surface area contributed by atoms with Gasteiger partial charge < -0.3 is 0 Å². The molecule has 0 aromatic heterocycles. The molecule has 11 heteroatoms. The first-order valence-corrected chi connectivity index (χ1v) is 4.98. The summed E-state index contributed by atoms with van der Waals surface area (Å²) in [5.41, 5.74) is -11.4. The molecule has 0 saturated carbocycles. The fourth-order valence-electron chi connectivity index (χ4n) is 1.65. The minimum Gasteiger partial charge on any atom is -0.192 e. The normalized spacial score (nSPS) is 12.7. The highest BCUT2D eigenvalue weighted by Crippen LogP contribution is 2.46. The summed E-state index contributed by atoms with van der Waals surface area (Å²) in [5.74, 6) is 0. The summed E-state index contributed by atoms with van der Waals surface area (Å²) >= 11 is 0. The Morgan fingerprint density at radius 1 is 0.636 bits per heavy atom. The highest BCUT2D eigenvalue weighted by atomic mass is 19.4. The van der Waals surface area contributed by atoms with E-state index in [0.717, 1.165) is 0 Å². The molecular formula is C11HF9N2. The molecule has 0 aliphatic rings. The SMILES string of the molecule is N#Cc1c(C(F)(F)F)cc(C(F)(F)F)c(C(F)(F)F)c1C#N. The van der Waals surface area contributed by atoms with Gasteiger partial charge in [-0.1, -0.05) is 0 Å². The number of nitrogens with zero attached hydrogens (tertiary/aromatic N) is 2. The molecule has 2 nitrogen and oxygen atoms in total. The third kappa shape index (κ3) is 3.08. The number of hydrogen-bond acceptors (Lipinski definition) is 2. The predicted octanol–water partition coefficient (Wildman–Crippen LogP) is 4.49. The monoisotopic (exact) mass is 332 g/mol. The molecule has 1 aromatic carbocycles. The largest absolute Gasteiger partial charge is 0.418 e. The van der Waals surface area contributed by atoms with Crippen LogP contribution in [0.5, 0.6) is 0 Å². The molecule has 0 unspecified atom stereocenters. The van der Waals surface area contributed by atoms with Crippen LogP contribution in [0.4, 0.5) is 39.5 Å². The number of benzene rings is 1. The Morgan fingerprint density at radius 3 is 1.32 bits per heavy atom. The average Bonchev–Trinajstić information content (AvgIpc) is 2.32. The van der Waals surface area contributed by atoms with Crippen LogP contribution in [-0.2, 0) is 18.5 Å². The minimum atomic E-state index is -5.80. The van der Waals surface area contributed by atoms with E-state index in [2.05, 4.69) is 0 Å². The van der Waals surface area contributed by atoms with Crippen LogP contribution in [0.2, 0.25) is 0 Å². The third-order valence-corrected chi connectivity index (χ3v) is 2.45. The number of halogens is 9. The smallest absolute Gasteiger partial charge is 0.192 e. The molecule has 0 fully saturated rings. The van der Waals surface area contributed by atoms with Crippen molar-refractivity contribution in [3.05, 3.63) is 33.9 Å². The highest BCUT2D eigenvalue weighted by molar-refractivity contribution is 5.60. The molecule has 0 aliphatic carbocycles. The van der Waals surface area contributed by atoms with E-state index in [1.54, 1.807) is 0 Å². The Labute approximate surface area is 116 Å². The van der Waals surface area contributed by atoms with Crippen LogP contribution in [0.25, 0.3) is 0 Å². The fourth-order valence-corrected chi connectivity index (χ4v) is 1.65. The summed E-state index contributed by atoms with van der Waals surface area (Å²) in [6.45, 7) is 0. The molecule has 0 N–H and O–H groups in total. The van der Waals surface area contributed by atoms with E-state index in [9.17, 15) is 39.5 Å². The first kappa shape index (κ1) is 17.6. The van der Waals surface area contributed by atoms with Crippen molar-refractivity contribution in [2.45, 2.75) is 18.5 Å². The summed E-state index contributed by atoms with van der Waals surface area (Å²) in [5, 5.41) is 17.1. The van der Waals surface area contributed by atoms with Crippen LogP contribution in [0.1, 0.15) is 27.8 Å². The maximum absolute atomic E-state index is 12.7. The quantitative estimate of drug-likeness (QED) is 0.658. The highest BCUT2D eigenvalue weighted by Gasteiger charge is 2.49. The molecule has 0 amide bonds. The molecule has 0 spiro atoms. The van der Waals surface area contributed by atoms with Crippen molar-refractivity contribution in [3.63, 3.8) is 0 Å². The lowest BCUT2D eigenvalue weighted by atomic mass is 9.91. The van der Waals surface area contributed by atoms with Gasteiger partial charge in [-0.3, -0.25) is 0 Å². The van der Waals surface area contributed by atoms with E-state index >= 15 is 0 Å². The number of rotatable bonds is 0. The van der Waals surface area contributed by atoms with Gasteiger partial charge >= 0.3 is 18.5 Å². The van der Waals surface area contributed by atoms with Crippen LogP contribution in [0.15, 0.2) is 6.07 Å². The van der Waals surface area contributed by atoms with Crippen molar-refractivity contribution >= 4 is 0 Å². The van der Waals surface area contributed by atoms with Gasteiger partial charge in [0, 0.05) is 0 Å². The Kier molecular flexibility index (Phi) is 4.07. The van der Waals surface area contributed by atoms with E-state index < -0.39 is 52.4 Å². The minimum absolute atomic E-state index is 0.604. The molecular weight excluding hydrogens is 331 g/mol. The molecule has 0 radical (unpaired) electrons. The van der Waals surface area contributed by atoms with E-state index in [4.69, 9.17) is 10.5 Å². The lowest BCUT2D eigenvalue weighted by Gasteiger charge is -2.20. The second-order valence-corrected chi connectivity index (χ2v) is 3.81. The van der Waals surface area contributed by atoms with Gasteiger partial charge in [-0.05, 0) is 6.07 Å². The maximum atomic E-state index is 12.7. The van der Waals surface area contributed by atoms with Crippen molar-refractivity contribution in [2.24, 2.45) is 0 Å². The average molecular weight is 332 g/mol. The van der Waals surface area contributed by atoms with Crippen LogP contribution < -0.4 is 0 Å². The molecule has 0 saturated heterocycles. The molecule has 22 heavy (non-hydrogen) atoms. The van der Waals surface area contributed by atoms with Gasteiger partial charge in [0.1, 0.15) is 12.1 Å². The summed E-state index contributed by atoms with van der Waals surface area (Å²) in [4.78, 5) is 0. The van der Waals surface area contributed by atoms with Crippen molar-refractivity contribution < 1.29 is 39.5 Å². The molecule has 1 rings (SSSR count). The van der Waals surface area contributed by atoms with Crippen LogP contribution >= 0.6 is 0 Å². The Balaban J connectivity index is 4.12. The van der Waals surface area contributed by atoms with E-state index in [-0.39, 0.29) is 0 Å². The first-order chi connectivity index (χ1) is 9.75. The Bertz CT molecular complexity index is 680. The van der Waals surface area contributed by atoms with Gasteiger partial charge in [-0.15, -0.1) is 0 Å². The van der Waals surface area contributed by atoms with E-state index in [1.807, 2.05) is 0 Å². The van der Waals surface area contributed by atoms with Crippen molar-refractivity contribution in [1.29, 1.82) is 10.5 Å². The van der Waals surface area contributed by atoms with Gasteiger partial charge in [0.25, 0.3) is 0 Å². The number of alkyl halides is 9. The maximum Gasteiger partial charge on any atom is 0.418 e. The molecule has 0 aliphatic heterocycles. The zero-order valence-electron chi connectivity index (χ0n) is 9.87. The molecule has 1 aromatic rings. The first-order valence-electron chi connectivity index (χ1n) is 4.98. The van der Waals surface area contributed by atoms with Crippen LogP contribution in [0.3, 0.4) is 0 Å². The Hall–Kier alpha value is -2.43. The van der Waals surface area contributed by atoms with Gasteiger partial charge in [0.15, 0.2) is 0 Å². The number of nitriles is 2. The summed E-state index contributed by atoms with van der Waals surface area (Å²) < 4.78 is 114. The topological polar surface area (TPSA) is 47.6 Å². The fraction of sp³-hybridized carbons (Fsp3) is 0.273. The van der Waals surface area contributed by atoms with Gasteiger partial charge in [-0.2, -0.15) is 50.0 Å². The van der Waals surface area contributed by atoms with Gasteiger partial charge in [0.2, 0.25) is 0 Å². The number of hydrogen-bond donors (Lipinski definition) is 0. The second-order valence-electron chi connectivity index (χ2n) is 3.81. The molecule has 0 bridgehead atoms. The summed E-state index contributed by atoms with van der Waals surface area (Å²) in [7, 11) is 0. The van der Waals surface area contributed by atoms with Crippen LogP contribution in [-0.4, -0.2) is 0 Å². The zero-order chi connectivity index (χ0) is 17.5. The van der Waals surface area contributed by atoms with Gasteiger partial charge in [0.05, 0.1) is 27.8 Å². The summed E-state index contributed by atoms with van der Waals surface area (Å²) in [6, 6.07) is 0.490. The predicted molar refractivity (Wildman–Crippen MR) is 50.9 cm³/mol. The van der Waals surface area contributed by atoms with E-state index in [1.165, 1.54) is 0 Å². The van der Waals surface area contributed by atoms with Crippen molar-refractivity contribution in [2.75, 3.05) is 0 Å².